The SMILES string of the molecule is COC1CN(Cc2ccccc2)C(=O)CC1(C)C. The number of rotatable bonds is 3. The molecule has 1 saturated heterocycles. The quantitative estimate of drug-likeness (QED) is 0.821. The molecule has 0 saturated carbocycles. The van der Waals surface area contributed by atoms with Gasteiger partial charge >= 0.3 is 0 Å². The molecule has 18 heavy (non-hydrogen) atoms. The molecule has 1 aromatic carbocycles. The Morgan fingerprint density at radius 2 is 2.00 bits per heavy atom. The Labute approximate surface area is 109 Å². The van der Waals surface area contributed by atoms with Gasteiger partial charge in [-0.05, 0) is 5.56 Å². The summed E-state index contributed by atoms with van der Waals surface area (Å²) < 4.78 is 5.53. The molecule has 3 nitrogen and oxygen atoms in total. The first-order chi connectivity index (χ1) is 8.53. The first kappa shape index (κ1) is 13.1. The summed E-state index contributed by atoms with van der Waals surface area (Å²) in [6, 6.07) is 10.1. The highest BCUT2D eigenvalue weighted by atomic mass is 16.5. The maximum absolute atomic E-state index is 12.1. The molecule has 0 spiro atoms. The molecule has 0 bridgehead atoms. The van der Waals surface area contributed by atoms with E-state index >= 15 is 0 Å². The van der Waals surface area contributed by atoms with Gasteiger partial charge in [0.25, 0.3) is 0 Å². The predicted octanol–water partition coefficient (Wildman–Crippen LogP) is 2.46. The van der Waals surface area contributed by atoms with Gasteiger partial charge in [-0.3, -0.25) is 4.79 Å². The van der Waals surface area contributed by atoms with Gasteiger partial charge in [0.1, 0.15) is 0 Å². The lowest BCUT2D eigenvalue weighted by Crippen LogP contribution is -2.51. The van der Waals surface area contributed by atoms with E-state index in [-0.39, 0.29) is 17.4 Å². The second kappa shape index (κ2) is 5.11. The van der Waals surface area contributed by atoms with E-state index in [2.05, 4.69) is 26.0 Å². The molecular formula is C15H21NO2. The van der Waals surface area contributed by atoms with Crippen molar-refractivity contribution in [3.8, 4) is 0 Å². The lowest BCUT2D eigenvalue weighted by atomic mass is 9.79. The number of likely N-dealkylation sites (tertiary alicyclic amines) is 1. The highest BCUT2D eigenvalue weighted by Gasteiger charge is 2.39. The maximum Gasteiger partial charge on any atom is 0.223 e. The van der Waals surface area contributed by atoms with Crippen LogP contribution in [-0.2, 0) is 16.1 Å². The first-order valence-corrected chi connectivity index (χ1v) is 6.37. The number of carbonyl (C=O) groups excluding carboxylic acids is 1. The molecule has 0 aromatic heterocycles. The van der Waals surface area contributed by atoms with Gasteiger partial charge in [0.2, 0.25) is 5.91 Å². The summed E-state index contributed by atoms with van der Waals surface area (Å²) in [7, 11) is 1.73. The minimum Gasteiger partial charge on any atom is -0.379 e. The van der Waals surface area contributed by atoms with E-state index in [0.29, 0.717) is 19.5 Å². The maximum atomic E-state index is 12.1. The van der Waals surface area contributed by atoms with Crippen LogP contribution in [0, 0.1) is 5.41 Å². The zero-order chi connectivity index (χ0) is 13.2. The zero-order valence-electron chi connectivity index (χ0n) is 11.3. The number of hydrogen-bond acceptors (Lipinski definition) is 2. The molecule has 98 valence electrons. The third-order valence-corrected chi connectivity index (χ3v) is 3.72. The molecule has 1 unspecified atom stereocenters. The van der Waals surface area contributed by atoms with E-state index in [9.17, 15) is 4.79 Å². The average molecular weight is 247 g/mol. The molecule has 1 fully saturated rings. The van der Waals surface area contributed by atoms with Crippen LogP contribution in [0.4, 0.5) is 0 Å². The van der Waals surface area contributed by atoms with Gasteiger partial charge < -0.3 is 9.64 Å². The van der Waals surface area contributed by atoms with Crippen LogP contribution < -0.4 is 0 Å². The second-order valence-electron chi connectivity index (χ2n) is 5.65. The van der Waals surface area contributed by atoms with Crippen molar-refractivity contribution in [3.63, 3.8) is 0 Å². The fraction of sp³-hybridized carbons (Fsp3) is 0.533. The Morgan fingerprint density at radius 3 is 2.61 bits per heavy atom. The molecule has 1 aliphatic rings. The second-order valence-corrected chi connectivity index (χ2v) is 5.65. The van der Waals surface area contributed by atoms with Crippen LogP contribution in [0.5, 0.6) is 0 Å². The van der Waals surface area contributed by atoms with Crippen molar-refractivity contribution >= 4 is 5.91 Å². The molecule has 1 aliphatic heterocycles. The van der Waals surface area contributed by atoms with Crippen molar-refractivity contribution in [2.75, 3.05) is 13.7 Å². The fourth-order valence-electron chi connectivity index (χ4n) is 2.51. The van der Waals surface area contributed by atoms with E-state index in [4.69, 9.17) is 4.74 Å². The number of methoxy groups -OCH3 is 1. The molecular weight excluding hydrogens is 226 g/mol. The van der Waals surface area contributed by atoms with Crippen LogP contribution in [0.1, 0.15) is 25.8 Å². The minimum absolute atomic E-state index is 0.0704. The molecule has 1 heterocycles. The summed E-state index contributed by atoms with van der Waals surface area (Å²) in [4.78, 5) is 14.0. The molecule has 1 amide bonds. The number of hydrogen-bond donors (Lipinski definition) is 0. The van der Waals surface area contributed by atoms with Crippen molar-refractivity contribution in [3.05, 3.63) is 35.9 Å². The lowest BCUT2D eigenvalue weighted by molar-refractivity contribution is -0.148. The molecule has 2 rings (SSSR count). The number of amides is 1. The number of nitrogens with zero attached hydrogens (tertiary/aromatic N) is 1. The van der Waals surface area contributed by atoms with Crippen LogP contribution in [-0.4, -0.2) is 30.6 Å². The van der Waals surface area contributed by atoms with Crippen molar-refractivity contribution < 1.29 is 9.53 Å². The van der Waals surface area contributed by atoms with Gasteiger partial charge in [-0.25, -0.2) is 0 Å². The number of piperidine rings is 1. The van der Waals surface area contributed by atoms with E-state index in [0.717, 1.165) is 0 Å². The summed E-state index contributed by atoms with van der Waals surface area (Å²) in [5.41, 5.74) is 1.10. The van der Waals surface area contributed by atoms with Crippen molar-refractivity contribution in [2.24, 2.45) is 5.41 Å². The molecule has 0 aliphatic carbocycles. The normalized spacial score (nSPS) is 23.2. The summed E-state index contributed by atoms with van der Waals surface area (Å²) >= 11 is 0. The largest absolute Gasteiger partial charge is 0.379 e. The van der Waals surface area contributed by atoms with Crippen LogP contribution in [0.2, 0.25) is 0 Å². The Hall–Kier alpha value is -1.35. The van der Waals surface area contributed by atoms with Gasteiger partial charge in [-0.2, -0.15) is 0 Å². The fourth-order valence-corrected chi connectivity index (χ4v) is 2.51. The molecule has 3 heteroatoms. The lowest BCUT2D eigenvalue weighted by Gasteiger charge is -2.42. The van der Waals surface area contributed by atoms with Crippen molar-refractivity contribution in [2.45, 2.75) is 32.9 Å². The Kier molecular flexibility index (Phi) is 3.71. The number of carbonyl (C=O) groups is 1. The Balaban J connectivity index is 2.08. The van der Waals surface area contributed by atoms with Gasteiger partial charge in [-0.15, -0.1) is 0 Å². The number of ether oxygens (including phenoxy) is 1. The van der Waals surface area contributed by atoms with Crippen LogP contribution in [0.3, 0.4) is 0 Å². The average Bonchev–Trinajstić information content (AvgIpc) is 2.33. The molecule has 0 radical (unpaired) electrons. The minimum atomic E-state index is -0.0704. The Bertz CT molecular complexity index is 414. The van der Waals surface area contributed by atoms with Crippen LogP contribution >= 0.6 is 0 Å². The van der Waals surface area contributed by atoms with Gasteiger partial charge in [-0.1, -0.05) is 44.2 Å². The number of benzene rings is 1. The van der Waals surface area contributed by atoms with E-state index < -0.39 is 0 Å². The molecule has 1 atom stereocenters. The smallest absolute Gasteiger partial charge is 0.223 e. The Morgan fingerprint density at radius 1 is 1.33 bits per heavy atom. The monoisotopic (exact) mass is 247 g/mol. The van der Waals surface area contributed by atoms with Gasteiger partial charge in [0, 0.05) is 32.0 Å². The van der Waals surface area contributed by atoms with Gasteiger partial charge in [0.05, 0.1) is 6.10 Å². The summed E-state index contributed by atoms with van der Waals surface area (Å²) in [5, 5.41) is 0. The summed E-state index contributed by atoms with van der Waals surface area (Å²) in [6.07, 6.45) is 0.664. The summed E-state index contributed by atoms with van der Waals surface area (Å²) in [5.74, 6) is 0.220. The van der Waals surface area contributed by atoms with Crippen LogP contribution in [0.25, 0.3) is 0 Å². The summed E-state index contributed by atoms with van der Waals surface area (Å²) in [6.45, 7) is 5.55. The predicted molar refractivity (Wildman–Crippen MR) is 71.1 cm³/mol. The highest BCUT2D eigenvalue weighted by Crippen LogP contribution is 2.33. The van der Waals surface area contributed by atoms with Crippen LogP contribution in [0.15, 0.2) is 30.3 Å². The van der Waals surface area contributed by atoms with E-state index in [1.807, 2.05) is 23.1 Å². The molecule has 1 aromatic rings. The van der Waals surface area contributed by atoms with Gasteiger partial charge in [0.15, 0.2) is 0 Å². The first-order valence-electron chi connectivity index (χ1n) is 6.37. The van der Waals surface area contributed by atoms with E-state index in [1.54, 1.807) is 7.11 Å². The highest BCUT2D eigenvalue weighted by molar-refractivity contribution is 5.78. The standard InChI is InChI=1S/C15H21NO2/c1-15(2)9-14(17)16(11-13(15)18-3)10-12-7-5-4-6-8-12/h4-8,13H,9-11H2,1-3H3. The topological polar surface area (TPSA) is 29.5 Å². The molecule has 0 N–H and O–H groups in total. The third kappa shape index (κ3) is 2.72. The van der Waals surface area contributed by atoms with Crippen molar-refractivity contribution in [1.82, 2.24) is 4.90 Å². The third-order valence-electron chi connectivity index (χ3n) is 3.72. The van der Waals surface area contributed by atoms with Crippen molar-refractivity contribution in [1.29, 1.82) is 0 Å². The zero-order valence-corrected chi connectivity index (χ0v) is 11.3. The van der Waals surface area contributed by atoms with E-state index in [1.165, 1.54) is 5.56 Å².